The highest BCUT2D eigenvalue weighted by Gasteiger charge is 2.03. The van der Waals surface area contributed by atoms with Crippen LogP contribution in [0.25, 0.3) is 0 Å². The standard InChI is InChI=1S/C11H7ClFNO/c12-11-7-8(5-6-14-11)15-10-4-2-1-3-9(10)13/h1-7H. The average molecular weight is 224 g/mol. The van der Waals surface area contributed by atoms with E-state index in [4.69, 9.17) is 16.3 Å². The van der Waals surface area contributed by atoms with Gasteiger partial charge in [0.1, 0.15) is 10.9 Å². The lowest BCUT2D eigenvalue weighted by Gasteiger charge is -2.05. The number of ether oxygens (including phenoxy) is 1. The highest BCUT2D eigenvalue weighted by molar-refractivity contribution is 6.29. The van der Waals surface area contributed by atoms with Gasteiger partial charge in [-0.15, -0.1) is 0 Å². The molecule has 0 saturated heterocycles. The summed E-state index contributed by atoms with van der Waals surface area (Å²) in [6.45, 7) is 0. The maximum absolute atomic E-state index is 13.2. The number of pyridine rings is 1. The molecular weight excluding hydrogens is 217 g/mol. The lowest BCUT2D eigenvalue weighted by Crippen LogP contribution is -1.88. The quantitative estimate of drug-likeness (QED) is 0.725. The van der Waals surface area contributed by atoms with Gasteiger partial charge in [0, 0.05) is 12.3 Å². The van der Waals surface area contributed by atoms with Gasteiger partial charge in [-0.3, -0.25) is 0 Å². The van der Waals surface area contributed by atoms with Gasteiger partial charge in [0.15, 0.2) is 11.6 Å². The Morgan fingerprint density at radius 1 is 1.20 bits per heavy atom. The molecule has 2 aromatic rings. The summed E-state index contributed by atoms with van der Waals surface area (Å²) in [6, 6.07) is 9.30. The van der Waals surface area contributed by atoms with Gasteiger partial charge in [0.2, 0.25) is 0 Å². The van der Waals surface area contributed by atoms with Crippen LogP contribution >= 0.6 is 11.6 Å². The van der Waals surface area contributed by atoms with E-state index in [1.807, 2.05) is 0 Å². The molecule has 0 bridgehead atoms. The van der Waals surface area contributed by atoms with Gasteiger partial charge >= 0.3 is 0 Å². The average Bonchev–Trinajstić information content (AvgIpc) is 2.22. The van der Waals surface area contributed by atoms with Gasteiger partial charge in [0.25, 0.3) is 0 Å². The largest absolute Gasteiger partial charge is 0.454 e. The van der Waals surface area contributed by atoms with E-state index >= 15 is 0 Å². The summed E-state index contributed by atoms with van der Waals surface area (Å²) >= 11 is 5.67. The first-order valence-electron chi connectivity index (χ1n) is 4.29. The monoisotopic (exact) mass is 223 g/mol. The van der Waals surface area contributed by atoms with Crippen LogP contribution in [0.5, 0.6) is 11.5 Å². The molecule has 0 amide bonds. The first kappa shape index (κ1) is 9.93. The summed E-state index contributed by atoms with van der Waals surface area (Å²) in [5.74, 6) is 0.213. The number of halogens is 2. The second kappa shape index (κ2) is 4.28. The molecule has 4 heteroatoms. The molecule has 0 unspecified atom stereocenters. The summed E-state index contributed by atoms with van der Waals surface area (Å²) < 4.78 is 18.5. The molecule has 76 valence electrons. The van der Waals surface area contributed by atoms with Crippen LogP contribution in [-0.2, 0) is 0 Å². The Balaban J connectivity index is 2.26. The van der Waals surface area contributed by atoms with Gasteiger partial charge in [-0.25, -0.2) is 9.37 Å². The van der Waals surface area contributed by atoms with Gasteiger partial charge < -0.3 is 4.74 Å². The second-order valence-electron chi connectivity index (χ2n) is 2.85. The van der Waals surface area contributed by atoms with E-state index < -0.39 is 5.82 Å². The molecule has 1 heterocycles. The molecule has 15 heavy (non-hydrogen) atoms. The minimum Gasteiger partial charge on any atom is -0.454 e. The van der Waals surface area contributed by atoms with E-state index in [0.717, 1.165) is 0 Å². The van der Waals surface area contributed by atoms with E-state index in [1.54, 1.807) is 24.3 Å². The normalized spacial score (nSPS) is 10.0. The first-order chi connectivity index (χ1) is 7.25. The Morgan fingerprint density at radius 3 is 2.73 bits per heavy atom. The molecule has 2 rings (SSSR count). The molecule has 0 spiro atoms. The minimum atomic E-state index is -0.412. The topological polar surface area (TPSA) is 22.1 Å². The number of aromatic nitrogens is 1. The van der Waals surface area contributed by atoms with Gasteiger partial charge in [0.05, 0.1) is 0 Å². The Hall–Kier alpha value is -1.61. The molecule has 0 fully saturated rings. The predicted molar refractivity (Wildman–Crippen MR) is 55.7 cm³/mol. The zero-order valence-corrected chi connectivity index (χ0v) is 8.41. The smallest absolute Gasteiger partial charge is 0.165 e. The van der Waals surface area contributed by atoms with Crippen molar-refractivity contribution in [2.75, 3.05) is 0 Å². The predicted octanol–water partition coefficient (Wildman–Crippen LogP) is 3.67. The number of benzene rings is 1. The van der Waals surface area contributed by atoms with E-state index in [9.17, 15) is 4.39 Å². The van der Waals surface area contributed by atoms with Crippen molar-refractivity contribution in [1.82, 2.24) is 4.98 Å². The molecule has 1 aromatic carbocycles. The van der Waals surface area contributed by atoms with Crippen molar-refractivity contribution in [3.8, 4) is 11.5 Å². The van der Waals surface area contributed by atoms with Crippen molar-refractivity contribution in [3.05, 3.63) is 53.6 Å². The summed E-state index contributed by atoms with van der Waals surface area (Å²) in [6.07, 6.45) is 1.50. The van der Waals surface area contributed by atoms with Crippen molar-refractivity contribution < 1.29 is 9.13 Å². The Morgan fingerprint density at radius 2 is 2.00 bits per heavy atom. The Kier molecular flexibility index (Phi) is 2.83. The van der Waals surface area contributed by atoms with Crippen LogP contribution in [0.15, 0.2) is 42.6 Å². The van der Waals surface area contributed by atoms with Crippen LogP contribution in [0, 0.1) is 5.82 Å². The summed E-state index contributed by atoms with van der Waals surface area (Å²) in [7, 11) is 0. The summed E-state index contributed by atoms with van der Waals surface area (Å²) in [5, 5.41) is 0.309. The third kappa shape index (κ3) is 2.44. The molecule has 2 nitrogen and oxygen atoms in total. The zero-order chi connectivity index (χ0) is 10.7. The second-order valence-corrected chi connectivity index (χ2v) is 3.23. The lowest BCUT2D eigenvalue weighted by atomic mass is 10.3. The fourth-order valence-corrected chi connectivity index (χ4v) is 1.27. The van der Waals surface area contributed by atoms with Crippen molar-refractivity contribution >= 4 is 11.6 Å². The van der Waals surface area contributed by atoms with E-state index in [0.29, 0.717) is 10.9 Å². The number of nitrogens with zero attached hydrogens (tertiary/aromatic N) is 1. The summed E-state index contributed by atoms with van der Waals surface area (Å²) in [4.78, 5) is 3.80. The maximum Gasteiger partial charge on any atom is 0.165 e. The third-order valence-corrected chi connectivity index (χ3v) is 1.97. The fourth-order valence-electron chi connectivity index (χ4n) is 1.10. The Bertz CT molecular complexity index is 476. The number of hydrogen-bond donors (Lipinski definition) is 0. The van der Waals surface area contributed by atoms with Crippen molar-refractivity contribution in [3.63, 3.8) is 0 Å². The van der Waals surface area contributed by atoms with Gasteiger partial charge in [-0.05, 0) is 18.2 Å². The third-order valence-electron chi connectivity index (χ3n) is 1.76. The molecule has 0 saturated carbocycles. The molecule has 0 aliphatic heterocycles. The van der Waals surface area contributed by atoms with Crippen LogP contribution in [0.4, 0.5) is 4.39 Å². The first-order valence-corrected chi connectivity index (χ1v) is 4.67. The number of hydrogen-bond acceptors (Lipinski definition) is 2. The highest BCUT2D eigenvalue weighted by Crippen LogP contribution is 2.24. The molecule has 0 atom stereocenters. The minimum absolute atomic E-state index is 0.166. The molecular formula is C11H7ClFNO. The van der Waals surface area contributed by atoms with E-state index in [2.05, 4.69) is 4.98 Å². The molecule has 0 aliphatic carbocycles. The van der Waals surface area contributed by atoms with Gasteiger partial charge in [-0.2, -0.15) is 0 Å². The van der Waals surface area contributed by atoms with Gasteiger partial charge in [-0.1, -0.05) is 23.7 Å². The van der Waals surface area contributed by atoms with Crippen LogP contribution < -0.4 is 4.74 Å². The Labute approximate surface area is 91.3 Å². The molecule has 0 aliphatic rings. The summed E-state index contributed by atoms with van der Waals surface area (Å²) in [5.41, 5.74) is 0. The van der Waals surface area contributed by atoms with Crippen LogP contribution in [-0.4, -0.2) is 4.98 Å². The zero-order valence-electron chi connectivity index (χ0n) is 7.65. The van der Waals surface area contributed by atoms with E-state index in [-0.39, 0.29) is 5.75 Å². The molecule has 0 N–H and O–H groups in total. The SMILES string of the molecule is Fc1ccccc1Oc1ccnc(Cl)c1. The highest BCUT2D eigenvalue weighted by atomic mass is 35.5. The number of para-hydroxylation sites is 1. The van der Waals surface area contributed by atoms with Crippen LogP contribution in [0.2, 0.25) is 5.15 Å². The molecule has 1 aromatic heterocycles. The molecule has 0 radical (unpaired) electrons. The van der Waals surface area contributed by atoms with Crippen LogP contribution in [0.1, 0.15) is 0 Å². The van der Waals surface area contributed by atoms with Crippen molar-refractivity contribution in [2.45, 2.75) is 0 Å². The van der Waals surface area contributed by atoms with Crippen molar-refractivity contribution in [2.24, 2.45) is 0 Å². The van der Waals surface area contributed by atoms with Crippen molar-refractivity contribution in [1.29, 1.82) is 0 Å². The number of rotatable bonds is 2. The lowest BCUT2D eigenvalue weighted by molar-refractivity contribution is 0.442. The van der Waals surface area contributed by atoms with E-state index in [1.165, 1.54) is 18.3 Å². The fraction of sp³-hybridized carbons (Fsp3) is 0. The maximum atomic E-state index is 13.2. The van der Waals surface area contributed by atoms with Crippen LogP contribution in [0.3, 0.4) is 0 Å².